The van der Waals surface area contributed by atoms with Crippen LogP contribution in [0.25, 0.3) is 0 Å². The summed E-state index contributed by atoms with van der Waals surface area (Å²) in [7, 11) is 1.57. The molecule has 0 aliphatic rings. The highest BCUT2D eigenvalue weighted by Crippen LogP contribution is 2.12. The summed E-state index contributed by atoms with van der Waals surface area (Å²) in [6.45, 7) is 4.52. The van der Waals surface area contributed by atoms with Crippen molar-refractivity contribution in [2.45, 2.75) is 19.9 Å². The summed E-state index contributed by atoms with van der Waals surface area (Å²) in [5.74, 6) is 4.80. The SMILES string of the molecule is COCC(NC(=O)c1cc(F)ccc1C#CCN)C(C)C. The fourth-order valence-corrected chi connectivity index (χ4v) is 1.79. The van der Waals surface area contributed by atoms with Crippen molar-refractivity contribution in [2.75, 3.05) is 20.3 Å². The first-order valence-electron chi connectivity index (χ1n) is 6.77. The minimum Gasteiger partial charge on any atom is -0.383 e. The van der Waals surface area contributed by atoms with Crippen LogP contribution in [0.15, 0.2) is 18.2 Å². The molecule has 0 fully saturated rings. The van der Waals surface area contributed by atoms with Crippen LogP contribution in [0.3, 0.4) is 0 Å². The van der Waals surface area contributed by atoms with E-state index in [9.17, 15) is 9.18 Å². The molecule has 1 amide bonds. The molecule has 0 spiro atoms. The molecule has 3 N–H and O–H groups in total. The number of nitrogens with two attached hydrogens (primary N) is 1. The molecule has 1 atom stereocenters. The molecule has 0 saturated heterocycles. The van der Waals surface area contributed by atoms with Gasteiger partial charge in [0.2, 0.25) is 0 Å². The molecule has 1 rings (SSSR count). The standard InChI is InChI=1S/C16H21FN2O2/c1-11(2)15(10-21-3)19-16(20)14-9-13(17)7-6-12(14)5-4-8-18/h6-7,9,11,15H,8,10,18H2,1-3H3,(H,19,20). The number of methoxy groups -OCH3 is 1. The van der Waals surface area contributed by atoms with E-state index < -0.39 is 5.82 Å². The maximum atomic E-state index is 13.4. The third-order valence-electron chi connectivity index (χ3n) is 3.02. The van der Waals surface area contributed by atoms with E-state index in [4.69, 9.17) is 10.5 Å². The van der Waals surface area contributed by atoms with E-state index in [-0.39, 0.29) is 30.0 Å². The van der Waals surface area contributed by atoms with Gasteiger partial charge >= 0.3 is 0 Å². The fourth-order valence-electron chi connectivity index (χ4n) is 1.79. The monoisotopic (exact) mass is 292 g/mol. The van der Waals surface area contributed by atoms with Crippen molar-refractivity contribution >= 4 is 5.91 Å². The number of carbonyl (C=O) groups excluding carboxylic acids is 1. The Balaban J connectivity index is 3.02. The molecule has 0 saturated carbocycles. The summed E-state index contributed by atoms with van der Waals surface area (Å²) in [5, 5.41) is 2.85. The first-order chi connectivity index (χ1) is 9.99. The van der Waals surface area contributed by atoms with Crippen LogP contribution in [0.2, 0.25) is 0 Å². The number of nitrogens with one attached hydrogen (secondary N) is 1. The lowest BCUT2D eigenvalue weighted by molar-refractivity contribution is 0.0866. The first kappa shape index (κ1) is 17.2. The lowest BCUT2D eigenvalue weighted by Gasteiger charge is -2.21. The third kappa shape index (κ3) is 5.18. The molecule has 1 unspecified atom stereocenters. The molecule has 1 aromatic rings. The van der Waals surface area contributed by atoms with Gasteiger partial charge in [0.05, 0.1) is 24.8 Å². The van der Waals surface area contributed by atoms with Crippen LogP contribution < -0.4 is 11.1 Å². The quantitative estimate of drug-likeness (QED) is 0.809. The van der Waals surface area contributed by atoms with E-state index in [1.807, 2.05) is 13.8 Å². The van der Waals surface area contributed by atoms with E-state index >= 15 is 0 Å². The van der Waals surface area contributed by atoms with Gasteiger partial charge in [0.1, 0.15) is 5.82 Å². The minimum atomic E-state index is -0.480. The summed E-state index contributed by atoms with van der Waals surface area (Å²) in [6.07, 6.45) is 0. The van der Waals surface area contributed by atoms with Gasteiger partial charge in [0.15, 0.2) is 0 Å². The Morgan fingerprint density at radius 3 is 2.76 bits per heavy atom. The lowest BCUT2D eigenvalue weighted by atomic mass is 10.0. The first-order valence-corrected chi connectivity index (χ1v) is 6.77. The average Bonchev–Trinajstić information content (AvgIpc) is 2.45. The van der Waals surface area contributed by atoms with Crippen LogP contribution in [0.1, 0.15) is 29.8 Å². The predicted molar refractivity (Wildman–Crippen MR) is 80.3 cm³/mol. The number of hydrogen-bond donors (Lipinski definition) is 2. The van der Waals surface area contributed by atoms with Gasteiger partial charge in [-0.15, -0.1) is 0 Å². The van der Waals surface area contributed by atoms with E-state index in [1.54, 1.807) is 7.11 Å². The molecule has 114 valence electrons. The maximum absolute atomic E-state index is 13.4. The molecule has 0 aliphatic carbocycles. The molecule has 21 heavy (non-hydrogen) atoms. The smallest absolute Gasteiger partial charge is 0.252 e. The number of rotatable bonds is 5. The van der Waals surface area contributed by atoms with Crippen LogP contribution in [-0.2, 0) is 4.74 Å². The van der Waals surface area contributed by atoms with Crippen LogP contribution in [0, 0.1) is 23.6 Å². The van der Waals surface area contributed by atoms with Crippen LogP contribution in [0.5, 0.6) is 0 Å². The van der Waals surface area contributed by atoms with Crippen molar-refractivity contribution in [3.63, 3.8) is 0 Å². The number of hydrogen-bond acceptors (Lipinski definition) is 3. The highest BCUT2D eigenvalue weighted by atomic mass is 19.1. The number of carbonyl (C=O) groups is 1. The molecule has 1 aromatic carbocycles. The molecule has 4 nitrogen and oxygen atoms in total. The Hall–Kier alpha value is -1.90. The van der Waals surface area contributed by atoms with Crippen molar-refractivity contribution in [3.8, 4) is 11.8 Å². The van der Waals surface area contributed by atoms with Gasteiger partial charge in [-0.2, -0.15) is 0 Å². The zero-order valence-corrected chi connectivity index (χ0v) is 12.6. The van der Waals surface area contributed by atoms with E-state index in [2.05, 4.69) is 17.2 Å². The predicted octanol–water partition coefficient (Wildman–Crippen LogP) is 1.54. The average molecular weight is 292 g/mol. The Labute approximate surface area is 124 Å². The van der Waals surface area contributed by atoms with E-state index in [0.29, 0.717) is 12.2 Å². The molecule has 0 aliphatic heterocycles. The van der Waals surface area contributed by atoms with Gasteiger partial charge in [-0.1, -0.05) is 25.7 Å². The molecular formula is C16H21FN2O2. The van der Waals surface area contributed by atoms with E-state index in [0.717, 1.165) is 0 Å². The summed E-state index contributed by atoms with van der Waals surface area (Å²) in [4.78, 5) is 12.3. The fraction of sp³-hybridized carbons (Fsp3) is 0.438. The normalized spacial score (nSPS) is 11.7. The lowest BCUT2D eigenvalue weighted by Crippen LogP contribution is -2.41. The second-order valence-corrected chi connectivity index (χ2v) is 4.98. The molecular weight excluding hydrogens is 271 g/mol. The molecule has 0 heterocycles. The van der Waals surface area contributed by atoms with Gasteiger partial charge < -0.3 is 15.8 Å². The Bertz CT molecular complexity index is 547. The van der Waals surface area contributed by atoms with E-state index in [1.165, 1.54) is 18.2 Å². The molecule has 0 aromatic heterocycles. The largest absolute Gasteiger partial charge is 0.383 e. The van der Waals surface area contributed by atoms with Crippen LogP contribution in [0.4, 0.5) is 4.39 Å². The number of halogens is 1. The molecule has 0 radical (unpaired) electrons. The van der Waals surface area contributed by atoms with Gasteiger partial charge in [-0.05, 0) is 24.1 Å². The van der Waals surface area contributed by atoms with Crippen molar-refractivity contribution in [3.05, 3.63) is 35.1 Å². The number of benzene rings is 1. The zero-order chi connectivity index (χ0) is 15.8. The van der Waals surface area contributed by atoms with Gasteiger partial charge in [-0.3, -0.25) is 4.79 Å². The molecule has 0 bridgehead atoms. The topological polar surface area (TPSA) is 64.3 Å². The Morgan fingerprint density at radius 1 is 1.48 bits per heavy atom. The zero-order valence-electron chi connectivity index (χ0n) is 12.6. The summed E-state index contributed by atoms with van der Waals surface area (Å²) in [5.41, 5.74) is 5.99. The van der Waals surface area contributed by atoms with Crippen LogP contribution >= 0.6 is 0 Å². The maximum Gasteiger partial charge on any atom is 0.252 e. The van der Waals surface area contributed by atoms with Gasteiger partial charge in [-0.25, -0.2) is 4.39 Å². The number of amides is 1. The summed E-state index contributed by atoms with van der Waals surface area (Å²) >= 11 is 0. The second kappa shape index (κ2) is 8.40. The van der Waals surface area contributed by atoms with Crippen molar-refractivity contribution < 1.29 is 13.9 Å². The second-order valence-electron chi connectivity index (χ2n) is 4.98. The summed E-state index contributed by atoms with van der Waals surface area (Å²) in [6, 6.07) is 3.78. The van der Waals surface area contributed by atoms with Crippen LogP contribution in [-0.4, -0.2) is 32.2 Å². The van der Waals surface area contributed by atoms with Gasteiger partial charge in [0.25, 0.3) is 5.91 Å². The molecule has 5 heteroatoms. The Morgan fingerprint density at radius 2 is 2.19 bits per heavy atom. The van der Waals surface area contributed by atoms with Crippen molar-refractivity contribution in [1.29, 1.82) is 0 Å². The third-order valence-corrected chi connectivity index (χ3v) is 3.02. The highest BCUT2D eigenvalue weighted by Gasteiger charge is 2.19. The van der Waals surface area contributed by atoms with Crippen molar-refractivity contribution in [2.24, 2.45) is 11.7 Å². The van der Waals surface area contributed by atoms with Crippen molar-refractivity contribution in [1.82, 2.24) is 5.32 Å². The highest BCUT2D eigenvalue weighted by molar-refractivity contribution is 5.97. The summed E-state index contributed by atoms with van der Waals surface area (Å²) < 4.78 is 18.5. The Kier molecular flexibility index (Phi) is 6.86. The van der Waals surface area contributed by atoms with Gasteiger partial charge in [0, 0.05) is 12.7 Å². The minimum absolute atomic E-state index is 0.152. The number of ether oxygens (including phenoxy) is 1.